The van der Waals surface area contributed by atoms with Crippen LogP contribution in [0.3, 0.4) is 0 Å². The summed E-state index contributed by atoms with van der Waals surface area (Å²) in [6.07, 6.45) is 1.38. The Balaban J connectivity index is 4.69. The topological polar surface area (TPSA) is 123 Å². The van der Waals surface area contributed by atoms with Gasteiger partial charge in [0.1, 0.15) is 18.4 Å². The number of rotatable bonds is 20. The maximum atomic E-state index is 13.2. The molecule has 0 aromatic carbocycles. The third kappa shape index (κ3) is 12.3. The van der Waals surface area contributed by atoms with Crippen molar-refractivity contribution in [3.8, 4) is 0 Å². The molecule has 3 N–H and O–H groups in total. The first-order chi connectivity index (χ1) is 15.7. The Kier molecular flexibility index (Phi) is 16.6. The lowest BCUT2D eigenvalue weighted by Crippen LogP contribution is -2.50. The van der Waals surface area contributed by atoms with Crippen molar-refractivity contribution >= 4 is 15.6 Å². The summed E-state index contributed by atoms with van der Waals surface area (Å²) in [5.41, 5.74) is 0. The number of aliphatic hydroxyl groups excluding tert-OH is 3. The van der Waals surface area contributed by atoms with E-state index in [4.69, 9.17) is 19.3 Å². The lowest BCUT2D eigenvalue weighted by molar-refractivity contribution is -0.158. The number of ether oxygens (including phenoxy) is 3. The van der Waals surface area contributed by atoms with Crippen molar-refractivity contribution in [2.45, 2.75) is 122 Å². The van der Waals surface area contributed by atoms with E-state index in [1.807, 2.05) is 41.5 Å². The van der Waals surface area contributed by atoms with E-state index in [1.165, 1.54) is 0 Å². The fraction of sp³-hybridized carbons (Fsp3) is 1.00. The summed E-state index contributed by atoms with van der Waals surface area (Å²) in [6, 6.07) is 0. The summed E-state index contributed by atoms with van der Waals surface area (Å²) in [5, 5.41) is 27.9. The minimum Gasteiger partial charge on any atom is -0.394 e. The van der Waals surface area contributed by atoms with Gasteiger partial charge in [-0.3, -0.25) is 0 Å². The molecule has 0 fully saturated rings. The Morgan fingerprint density at radius 1 is 0.794 bits per heavy atom. The van der Waals surface area contributed by atoms with Crippen LogP contribution in [0.5, 0.6) is 0 Å². The van der Waals surface area contributed by atoms with Crippen LogP contribution < -0.4 is 0 Å². The van der Waals surface area contributed by atoms with Gasteiger partial charge in [0.2, 0.25) is 0 Å². The van der Waals surface area contributed by atoms with Gasteiger partial charge in [-0.15, -0.1) is 0 Å². The Morgan fingerprint density at radius 2 is 1.32 bits per heavy atom. The quantitative estimate of drug-likeness (QED) is 0.154. The number of hydrogen-bond donors (Lipinski definition) is 3. The summed E-state index contributed by atoms with van der Waals surface area (Å²) >= 11 is 0. The van der Waals surface area contributed by atoms with Gasteiger partial charge >= 0.3 is 15.6 Å². The summed E-state index contributed by atoms with van der Waals surface area (Å²) < 4.78 is 43.0. The predicted octanol–water partition coefficient (Wildman–Crippen LogP) is 4.67. The smallest absolute Gasteiger partial charge is 0.376 e. The fourth-order valence-corrected chi connectivity index (χ4v) is 6.60. The standard InChI is InChI=1S/C24H50O8P2/c1-18(2)31-21(16-26)22(27)24(8,32-19(3)4)34(29)14-12-10-9-11-13-33(28)23(6,7)17-30-20(5)15-25/h18-22,25-27H,9-17H2,1-8H3/q+2. The molecule has 0 rings (SSSR count). The van der Waals surface area contributed by atoms with Crippen molar-refractivity contribution < 1.29 is 38.7 Å². The highest BCUT2D eigenvalue weighted by Gasteiger charge is 2.55. The molecule has 0 amide bonds. The number of aliphatic hydroxyl groups is 3. The molecule has 0 aliphatic carbocycles. The van der Waals surface area contributed by atoms with E-state index in [0.717, 1.165) is 19.3 Å². The van der Waals surface area contributed by atoms with Crippen molar-refractivity contribution in [1.82, 2.24) is 0 Å². The zero-order valence-corrected chi connectivity index (χ0v) is 24.3. The Hall–Kier alpha value is -0.0400. The first-order valence-corrected chi connectivity index (χ1v) is 15.3. The summed E-state index contributed by atoms with van der Waals surface area (Å²) in [4.78, 5) is 0. The fourth-order valence-electron chi connectivity index (χ4n) is 3.52. The Bertz CT molecular complexity index is 600. The highest BCUT2D eigenvalue weighted by atomic mass is 31.1. The first-order valence-electron chi connectivity index (χ1n) is 12.4. The van der Waals surface area contributed by atoms with Crippen LogP contribution in [0, 0.1) is 0 Å². The maximum absolute atomic E-state index is 13.2. The molecule has 0 heterocycles. The van der Waals surface area contributed by atoms with Gasteiger partial charge in [-0.1, -0.05) is 9.13 Å². The second kappa shape index (κ2) is 16.7. The highest BCUT2D eigenvalue weighted by Crippen LogP contribution is 2.46. The van der Waals surface area contributed by atoms with E-state index in [9.17, 15) is 19.3 Å². The highest BCUT2D eigenvalue weighted by molar-refractivity contribution is 7.46. The third-order valence-corrected chi connectivity index (χ3v) is 9.91. The van der Waals surface area contributed by atoms with Crippen LogP contribution in [0.15, 0.2) is 0 Å². The SMILES string of the molecule is CC(C)OC(CO)C(O)C(C)(OC(C)C)[P+](=O)CCCCCC[P+](=O)C(C)(C)COC(C)CO. The minimum absolute atomic E-state index is 0.0567. The van der Waals surface area contributed by atoms with Crippen molar-refractivity contribution in [3.63, 3.8) is 0 Å². The van der Waals surface area contributed by atoms with E-state index >= 15 is 0 Å². The molecule has 0 radical (unpaired) electrons. The molecule has 0 aromatic heterocycles. The zero-order valence-electron chi connectivity index (χ0n) is 22.5. The van der Waals surface area contributed by atoms with E-state index in [-0.39, 0.29) is 24.9 Å². The van der Waals surface area contributed by atoms with E-state index < -0.39 is 44.9 Å². The van der Waals surface area contributed by atoms with E-state index in [2.05, 4.69) is 0 Å². The Morgan fingerprint density at radius 3 is 1.76 bits per heavy atom. The summed E-state index contributed by atoms with van der Waals surface area (Å²) in [5.74, 6) is 0. The molecule has 0 aliphatic heterocycles. The summed E-state index contributed by atoms with van der Waals surface area (Å²) in [7, 11) is -3.39. The Labute approximate surface area is 208 Å². The first kappa shape index (κ1) is 34.0. The predicted molar refractivity (Wildman–Crippen MR) is 138 cm³/mol. The lowest BCUT2D eigenvalue weighted by Gasteiger charge is -2.32. The van der Waals surface area contributed by atoms with Crippen molar-refractivity contribution in [2.75, 3.05) is 32.1 Å². The molecule has 0 bridgehead atoms. The molecule has 0 saturated carbocycles. The molecule has 0 aliphatic rings. The van der Waals surface area contributed by atoms with Crippen molar-refractivity contribution in [1.29, 1.82) is 0 Å². The molecular weight excluding hydrogens is 478 g/mol. The average molecular weight is 529 g/mol. The van der Waals surface area contributed by atoms with Crippen LogP contribution in [0.4, 0.5) is 0 Å². The molecule has 6 unspecified atom stereocenters. The van der Waals surface area contributed by atoms with Gasteiger partial charge in [-0.2, -0.15) is 0 Å². The van der Waals surface area contributed by atoms with Gasteiger partial charge in [-0.25, -0.2) is 0 Å². The lowest BCUT2D eigenvalue weighted by atomic mass is 10.1. The molecule has 6 atom stereocenters. The second-order valence-electron chi connectivity index (χ2n) is 10.3. The average Bonchev–Trinajstić information content (AvgIpc) is 2.76. The molecule has 0 saturated heterocycles. The minimum atomic E-state index is -1.93. The normalized spacial score (nSPS) is 18.0. The number of hydrogen-bond acceptors (Lipinski definition) is 8. The monoisotopic (exact) mass is 528 g/mol. The van der Waals surface area contributed by atoms with Gasteiger partial charge in [0.15, 0.2) is 11.3 Å². The molecule has 8 nitrogen and oxygen atoms in total. The van der Waals surface area contributed by atoms with E-state index in [0.29, 0.717) is 25.4 Å². The second-order valence-corrected chi connectivity index (χ2v) is 14.8. The molecule has 10 heteroatoms. The van der Waals surface area contributed by atoms with Gasteiger partial charge in [-0.05, 0) is 74.1 Å². The third-order valence-electron chi connectivity index (χ3n) is 5.62. The van der Waals surface area contributed by atoms with Crippen molar-refractivity contribution in [3.05, 3.63) is 0 Å². The van der Waals surface area contributed by atoms with Crippen LogP contribution >= 0.6 is 15.6 Å². The van der Waals surface area contributed by atoms with Gasteiger partial charge in [0.25, 0.3) is 5.34 Å². The largest absolute Gasteiger partial charge is 0.394 e. The van der Waals surface area contributed by atoms with Crippen LogP contribution in [0.1, 0.15) is 81.1 Å². The maximum Gasteiger partial charge on any atom is 0.376 e. The van der Waals surface area contributed by atoms with Gasteiger partial charge in [0.05, 0.1) is 38.1 Å². The van der Waals surface area contributed by atoms with Crippen LogP contribution in [0.2, 0.25) is 0 Å². The van der Waals surface area contributed by atoms with Crippen molar-refractivity contribution in [2.24, 2.45) is 0 Å². The van der Waals surface area contributed by atoms with Gasteiger partial charge < -0.3 is 29.5 Å². The molecule has 0 spiro atoms. The van der Waals surface area contributed by atoms with E-state index in [1.54, 1.807) is 13.8 Å². The zero-order chi connectivity index (χ0) is 26.5. The molecule has 0 aromatic rings. The molecular formula is C24H50O8P2+2. The summed E-state index contributed by atoms with van der Waals surface area (Å²) in [6.45, 7) is 14.4. The number of unbranched alkanes of at least 4 members (excludes halogenated alkanes) is 3. The van der Waals surface area contributed by atoms with Crippen LogP contribution in [-0.2, 0) is 23.3 Å². The molecule has 202 valence electrons. The molecule has 34 heavy (non-hydrogen) atoms. The van der Waals surface area contributed by atoms with Gasteiger partial charge in [0, 0.05) is 6.92 Å². The van der Waals surface area contributed by atoms with Crippen LogP contribution in [-0.4, -0.2) is 88.5 Å². The van der Waals surface area contributed by atoms with Crippen LogP contribution in [0.25, 0.3) is 0 Å².